The number of benzene rings is 2. The lowest BCUT2D eigenvalue weighted by Gasteiger charge is -2.39. The molecule has 1 unspecified atom stereocenters. The summed E-state index contributed by atoms with van der Waals surface area (Å²) in [5, 5.41) is 10.8. The second kappa shape index (κ2) is 6.41. The van der Waals surface area contributed by atoms with Crippen LogP contribution in [0, 0.1) is 5.41 Å². The Morgan fingerprint density at radius 1 is 1.00 bits per heavy atom. The summed E-state index contributed by atoms with van der Waals surface area (Å²) in [6.07, 6.45) is 9.74. The lowest BCUT2D eigenvalue weighted by atomic mass is 9.65. The lowest BCUT2D eigenvalue weighted by Crippen LogP contribution is -2.43. The van der Waals surface area contributed by atoms with Gasteiger partial charge in [0.2, 0.25) is 0 Å². The first-order valence-corrected chi connectivity index (χ1v) is 11.2. The first kappa shape index (κ1) is 19.9. The molecule has 5 nitrogen and oxygen atoms in total. The molecule has 2 aromatic carbocycles. The lowest BCUT2D eigenvalue weighted by molar-refractivity contribution is -0.137. The molecular formula is C28H23NO4. The molecule has 1 aliphatic heterocycles. The number of rotatable bonds is 2. The van der Waals surface area contributed by atoms with Gasteiger partial charge in [-0.15, -0.1) is 0 Å². The van der Waals surface area contributed by atoms with Crippen molar-refractivity contribution in [3.63, 3.8) is 0 Å². The molecule has 1 atom stereocenters. The average molecular weight is 437 g/mol. The summed E-state index contributed by atoms with van der Waals surface area (Å²) in [5.41, 5.74) is 8.11. The number of carboxylic acid groups (broad SMARTS) is 1. The third-order valence-corrected chi connectivity index (χ3v) is 7.18. The number of amides is 2. The summed E-state index contributed by atoms with van der Waals surface area (Å²) < 4.78 is 0. The van der Waals surface area contributed by atoms with Gasteiger partial charge in [0, 0.05) is 22.4 Å². The maximum absolute atomic E-state index is 13.1. The van der Waals surface area contributed by atoms with Gasteiger partial charge in [0.25, 0.3) is 11.8 Å². The number of hydrogen-bond acceptors (Lipinski definition) is 3. The zero-order valence-corrected chi connectivity index (χ0v) is 18.7. The van der Waals surface area contributed by atoms with E-state index in [1.807, 2.05) is 12.1 Å². The van der Waals surface area contributed by atoms with Crippen LogP contribution in [-0.2, 0) is 4.79 Å². The molecule has 0 bridgehead atoms. The van der Waals surface area contributed by atoms with Crippen molar-refractivity contribution in [3.05, 3.63) is 87.5 Å². The molecule has 2 amide bonds. The number of allylic oxidation sites excluding steroid dienone is 8. The molecule has 0 aromatic heterocycles. The molecule has 0 radical (unpaired) electrons. The summed E-state index contributed by atoms with van der Waals surface area (Å²) in [4.78, 5) is 38.4. The summed E-state index contributed by atoms with van der Waals surface area (Å²) in [6, 6.07) is 7.44. The van der Waals surface area contributed by atoms with Crippen LogP contribution in [-0.4, -0.2) is 34.3 Å². The Morgan fingerprint density at radius 3 is 2.33 bits per heavy atom. The van der Waals surface area contributed by atoms with Crippen molar-refractivity contribution < 1.29 is 19.5 Å². The summed E-state index contributed by atoms with van der Waals surface area (Å²) >= 11 is 0. The molecule has 33 heavy (non-hydrogen) atoms. The number of carbonyl (C=O) groups is 3. The van der Waals surface area contributed by atoms with E-state index >= 15 is 0 Å². The molecule has 6 rings (SSSR count). The number of imide groups is 1. The van der Waals surface area contributed by atoms with Gasteiger partial charge < -0.3 is 5.11 Å². The molecule has 164 valence electrons. The number of nitrogens with zero attached hydrogens (tertiary/aromatic N) is 1. The van der Waals surface area contributed by atoms with Gasteiger partial charge in [-0.25, -0.2) is 0 Å². The molecule has 4 aliphatic rings. The minimum atomic E-state index is -1.21. The highest BCUT2D eigenvalue weighted by atomic mass is 16.4. The largest absolute Gasteiger partial charge is 0.480 e. The third kappa shape index (κ3) is 2.56. The van der Waals surface area contributed by atoms with Crippen molar-refractivity contribution in [2.75, 3.05) is 6.54 Å². The van der Waals surface area contributed by atoms with Crippen LogP contribution in [0.3, 0.4) is 0 Å². The van der Waals surface area contributed by atoms with Gasteiger partial charge in [-0.1, -0.05) is 57.2 Å². The molecule has 1 N–H and O–H groups in total. The molecule has 0 saturated carbocycles. The van der Waals surface area contributed by atoms with E-state index in [-0.39, 0.29) is 11.3 Å². The van der Waals surface area contributed by atoms with Gasteiger partial charge in [-0.2, -0.15) is 0 Å². The molecular weight excluding hydrogens is 414 g/mol. The van der Waals surface area contributed by atoms with E-state index in [9.17, 15) is 19.5 Å². The molecule has 1 heterocycles. The molecule has 3 aliphatic carbocycles. The summed E-state index contributed by atoms with van der Waals surface area (Å²) in [5.74, 6) is -2.25. The summed E-state index contributed by atoms with van der Waals surface area (Å²) in [7, 11) is 0. The van der Waals surface area contributed by atoms with Crippen LogP contribution in [0.2, 0.25) is 0 Å². The van der Waals surface area contributed by atoms with Crippen molar-refractivity contribution in [2.45, 2.75) is 33.1 Å². The van der Waals surface area contributed by atoms with Gasteiger partial charge >= 0.3 is 5.97 Å². The number of aliphatic carboxylic acids is 1. The van der Waals surface area contributed by atoms with Crippen LogP contribution in [0.15, 0.2) is 65.3 Å². The Labute approximate surface area is 191 Å². The molecule has 0 saturated heterocycles. The fourth-order valence-electron chi connectivity index (χ4n) is 5.88. The Kier molecular flexibility index (Phi) is 3.87. The predicted molar refractivity (Wildman–Crippen MR) is 126 cm³/mol. The SMILES string of the molecule is CC(C)(C)C1=C2CC=CC3=C2C(C=C1)c1ccc2c4c(ccc3c14)C(=O)N(CC(=O)O)C2=O. The molecule has 5 heteroatoms. The van der Waals surface area contributed by atoms with Crippen molar-refractivity contribution in [3.8, 4) is 0 Å². The average Bonchev–Trinajstić information content (AvgIpc) is 2.77. The van der Waals surface area contributed by atoms with E-state index in [0.29, 0.717) is 16.5 Å². The zero-order chi connectivity index (χ0) is 23.2. The van der Waals surface area contributed by atoms with Crippen molar-refractivity contribution in [2.24, 2.45) is 5.41 Å². The van der Waals surface area contributed by atoms with Crippen LogP contribution in [0.5, 0.6) is 0 Å². The maximum atomic E-state index is 13.1. The predicted octanol–water partition coefficient (Wildman–Crippen LogP) is 5.24. The highest BCUT2D eigenvalue weighted by molar-refractivity contribution is 6.28. The Hall–Kier alpha value is -3.73. The minimum Gasteiger partial charge on any atom is -0.480 e. The van der Waals surface area contributed by atoms with E-state index in [2.05, 4.69) is 45.1 Å². The number of carbonyl (C=O) groups excluding carboxylic acids is 2. The van der Waals surface area contributed by atoms with E-state index in [4.69, 9.17) is 0 Å². The van der Waals surface area contributed by atoms with Crippen LogP contribution in [0.4, 0.5) is 0 Å². The quantitative estimate of drug-likeness (QED) is 0.652. The number of fused-ring (bicyclic) bond motifs is 2. The monoisotopic (exact) mass is 437 g/mol. The first-order chi connectivity index (χ1) is 15.7. The van der Waals surface area contributed by atoms with Crippen molar-refractivity contribution >= 4 is 34.1 Å². The third-order valence-electron chi connectivity index (χ3n) is 7.18. The number of hydrogen-bond donors (Lipinski definition) is 1. The first-order valence-electron chi connectivity index (χ1n) is 11.2. The highest BCUT2D eigenvalue weighted by Crippen LogP contribution is 2.54. The second-order valence-corrected chi connectivity index (χ2v) is 10.1. The molecule has 0 fully saturated rings. The van der Waals surface area contributed by atoms with E-state index < -0.39 is 24.3 Å². The van der Waals surface area contributed by atoms with Gasteiger partial charge in [0.15, 0.2) is 0 Å². The Balaban J connectivity index is 1.66. The van der Waals surface area contributed by atoms with Crippen molar-refractivity contribution in [1.29, 1.82) is 0 Å². The minimum absolute atomic E-state index is 0.0245. The van der Waals surface area contributed by atoms with E-state index in [1.165, 1.54) is 16.7 Å². The second-order valence-electron chi connectivity index (χ2n) is 10.1. The fraction of sp³-hybridized carbons (Fsp3) is 0.250. The van der Waals surface area contributed by atoms with Crippen molar-refractivity contribution in [1.82, 2.24) is 4.90 Å². The van der Waals surface area contributed by atoms with E-state index in [1.54, 1.807) is 12.1 Å². The Bertz CT molecular complexity index is 1440. The fourth-order valence-corrected chi connectivity index (χ4v) is 5.88. The zero-order valence-electron chi connectivity index (χ0n) is 18.7. The van der Waals surface area contributed by atoms with Crippen LogP contribution >= 0.6 is 0 Å². The topological polar surface area (TPSA) is 74.7 Å². The van der Waals surface area contributed by atoms with Gasteiger partial charge in [0.05, 0.1) is 0 Å². The van der Waals surface area contributed by atoms with Gasteiger partial charge in [-0.3, -0.25) is 19.3 Å². The van der Waals surface area contributed by atoms with Crippen LogP contribution in [0.25, 0.3) is 16.3 Å². The highest BCUT2D eigenvalue weighted by Gasteiger charge is 2.40. The standard InChI is InChI=1S/C28H23NO4/c1-28(2,3)21-12-11-15-17-8-10-20-25-19(26(32)29(27(20)33)13-22(30)31)9-7-16(24(17)25)14-5-4-6-18(21)23(14)15/h4-5,7-12,15H,6,13H2,1-3H3,(H,30,31). The molecule has 0 spiro atoms. The normalized spacial score (nSPS) is 20.7. The van der Waals surface area contributed by atoms with Gasteiger partial charge in [-0.05, 0) is 62.8 Å². The van der Waals surface area contributed by atoms with Gasteiger partial charge in [0.1, 0.15) is 6.54 Å². The Morgan fingerprint density at radius 2 is 1.67 bits per heavy atom. The van der Waals surface area contributed by atoms with E-state index in [0.717, 1.165) is 33.4 Å². The number of carboxylic acids is 1. The smallest absolute Gasteiger partial charge is 0.323 e. The summed E-state index contributed by atoms with van der Waals surface area (Å²) in [6.45, 7) is 6.07. The maximum Gasteiger partial charge on any atom is 0.323 e. The molecule has 2 aromatic rings. The van der Waals surface area contributed by atoms with Crippen LogP contribution in [0.1, 0.15) is 65.0 Å². The van der Waals surface area contributed by atoms with Crippen LogP contribution < -0.4 is 0 Å².